The molecule has 2 heterocycles. The third kappa shape index (κ3) is 2.50. The summed E-state index contributed by atoms with van der Waals surface area (Å²) >= 11 is 0. The predicted octanol–water partition coefficient (Wildman–Crippen LogP) is 4.00. The summed E-state index contributed by atoms with van der Waals surface area (Å²) in [6.45, 7) is 3.79. The smallest absolute Gasteiger partial charge is 0.231 e. The summed E-state index contributed by atoms with van der Waals surface area (Å²) in [7, 11) is 0. The Morgan fingerprint density at radius 2 is 1.92 bits per heavy atom. The summed E-state index contributed by atoms with van der Waals surface area (Å²) in [5.41, 5.74) is 3.73. The van der Waals surface area contributed by atoms with Crippen molar-refractivity contribution in [3.05, 3.63) is 69.4 Å². The third-order valence-corrected chi connectivity index (χ3v) is 4.83. The molecule has 1 aliphatic rings. The van der Waals surface area contributed by atoms with Crippen LogP contribution >= 0.6 is 0 Å². The normalized spacial score (nSPS) is 15.3. The van der Waals surface area contributed by atoms with Gasteiger partial charge in [-0.2, -0.15) is 0 Å². The molecule has 0 aliphatic carbocycles. The Morgan fingerprint density at radius 3 is 2.72 bits per heavy atom. The highest BCUT2D eigenvalue weighted by molar-refractivity contribution is 5.85. The molecule has 0 amide bonds. The lowest BCUT2D eigenvalue weighted by atomic mass is 9.84. The summed E-state index contributed by atoms with van der Waals surface area (Å²) in [6.07, 6.45) is 0. The molecule has 1 N–H and O–H groups in total. The Balaban J connectivity index is 1.92. The second kappa shape index (κ2) is 5.81. The number of nitrogens with zero attached hydrogens (tertiary/aromatic N) is 1. The van der Waals surface area contributed by atoms with Crippen LogP contribution in [-0.2, 0) is 0 Å². The van der Waals surface area contributed by atoms with Gasteiger partial charge in [-0.1, -0.05) is 24.3 Å². The number of H-pyrrole nitrogens is 1. The van der Waals surface area contributed by atoms with Crippen molar-refractivity contribution >= 4 is 10.9 Å². The molecule has 6 nitrogen and oxygen atoms in total. The van der Waals surface area contributed by atoms with Gasteiger partial charge < -0.3 is 14.5 Å². The summed E-state index contributed by atoms with van der Waals surface area (Å²) in [4.78, 5) is 14.7. The summed E-state index contributed by atoms with van der Waals surface area (Å²) in [6, 6.07) is 12.7. The number of para-hydroxylation sites is 1. The lowest BCUT2D eigenvalue weighted by Gasteiger charge is -2.20. The first-order valence-electron chi connectivity index (χ1n) is 8.16. The Kier molecular flexibility index (Phi) is 3.60. The second-order valence-electron chi connectivity index (χ2n) is 6.33. The van der Waals surface area contributed by atoms with Crippen LogP contribution in [0.1, 0.15) is 29.7 Å². The van der Waals surface area contributed by atoms with Gasteiger partial charge in [-0.25, -0.2) is 0 Å². The summed E-state index contributed by atoms with van der Waals surface area (Å²) in [5.74, 6) is 0.920. The minimum Gasteiger partial charge on any atom is -0.454 e. The molecule has 3 aromatic rings. The van der Waals surface area contributed by atoms with E-state index < -0.39 is 6.04 Å². The van der Waals surface area contributed by atoms with E-state index in [1.165, 1.54) is 0 Å². The molecule has 25 heavy (non-hydrogen) atoms. The van der Waals surface area contributed by atoms with Gasteiger partial charge in [0.05, 0.1) is 5.92 Å². The number of aromatic amines is 1. The van der Waals surface area contributed by atoms with Crippen molar-refractivity contribution < 1.29 is 14.4 Å². The van der Waals surface area contributed by atoms with Crippen LogP contribution in [0, 0.1) is 17.0 Å². The number of ether oxygens (including phenoxy) is 2. The van der Waals surface area contributed by atoms with E-state index in [0.717, 1.165) is 27.7 Å². The largest absolute Gasteiger partial charge is 0.454 e. The van der Waals surface area contributed by atoms with Crippen molar-refractivity contribution in [1.82, 2.24) is 4.98 Å². The fourth-order valence-electron chi connectivity index (χ4n) is 3.61. The quantitative estimate of drug-likeness (QED) is 0.576. The standard InChI is InChI=1S/C19H18N2O4/c1-11-18(14-5-3-4-6-15(14)20-11)19(12(2)21(22)23)13-7-8-16-17(9-13)25-10-24-16/h3-9,12,19-20H,10H2,1-2H3/t12-,19+/m1/s1. The fraction of sp³-hybridized carbons (Fsp3) is 0.263. The molecule has 0 radical (unpaired) electrons. The highest BCUT2D eigenvalue weighted by Crippen LogP contribution is 2.41. The maximum Gasteiger partial charge on any atom is 0.231 e. The van der Waals surface area contributed by atoms with Crippen LogP contribution < -0.4 is 9.47 Å². The van der Waals surface area contributed by atoms with Gasteiger partial charge in [0.25, 0.3) is 0 Å². The number of benzene rings is 2. The minimum atomic E-state index is -0.779. The van der Waals surface area contributed by atoms with Crippen molar-refractivity contribution in [2.45, 2.75) is 25.8 Å². The van der Waals surface area contributed by atoms with Gasteiger partial charge in [-0.3, -0.25) is 10.1 Å². The maximum absolute atomic E-state index is 11.6. The van der Waals surface area contributed by atoms with E-state index in [9.17, 15) is 10.1 Å². The number of hydrogen-bond donors (Lipinski definition) is 1. The number of nitro groups is 1. The van der Waals surface area contributed by atoms with Gasteiger partial charge in [0.15, 0.2) is 11.5 Å². The number of aromatic nitrogens is 1. The van der Waals surface area contributed by atoms with E-state index in [1.54, 1.807) is 6.92 Å². The van der Waals surface area contributed by atoms with Gasteiger partial charge >= 0.3 is 0 Å². The van der Waals surface area contributed by atoms with Crippen molar-refractivity contribution in [2.75, 3.05) is 6.79 Å². The topological polar surface area (TPSA) is 77.4 Å². The lowest BCUT2D eigenvalue weighted by molar-refractivity contribution is -0.520. The zero-order chi connectivity index (χ0) is 17.6. The number of nitrogens with one attached hydrogen (secondary N) is 1. The second-order valence-corrected chi connectivity index (χ2v) is 6.33. The van der Waals surface area contributed by atoms with E-state index in [2.05, 4.69) is 4.98 Å². The third-order valence-electron chi connectivity index (χ3n) is 4.83. The molecule has 0 unspecified atom stereocenters. The van der Waals surface area contributed by atoms with E-state index in [0.29, 0.717) is 11.5 Å². The van der Waals surface area contributed by atoms with E-state index in [4.69, 9.17) is 9.47 Å². The molecule has 0 fully saturated rings. The number of fused-ring (bicyclic) bond motifs is 2. The molecule has 2 atom stereocenters. The Bertz CT molecular complexity index is 963. The molecule has 6 heteroatoms. The first kappa shape index (κ1) is 15.5. The predicted molar refractivity (Wildman–Crippen MR) is 93.9 cm³/mol. The highest BCUT2D eigenvalue weighted by atomic mass is 16.7. The average molecular weight is 338 g/mol. The molecule has 128 valence electrons. The van der Waals surface area contributed by atoms with Crippen LogP contribution in [0.5, 0.6) is 11.5 Å². The molecule has 0 bridgehead atoms. The van der Waals surface area contributed by atoms with Crippen molar-refractivity contribution in [1.29, 1.82) is 0 Å². The molecule has 0 saturated carbocycles. The van der Waals surface area contributed by atoms with Crippen molar-refractivity contribution in [3.8, 4) is 11.5 Å². The SMILES string of the molecule is Cc1[nH]c2ccccc2c1[C@H](c1ccc2c(c1)OCO2)[C@@H](C)[N+](=O)[O-]. The summed E-state index contributed by atoms with van der Waals surface area (Å²) < 4.78 is 10.8. The molecular formula is C19H18N2O4. The lowest BCUT2D eigenvalue weighted by Crippen LogP contribution is -2.25. The van der Waals surface area contributed by atoms with Gasteiger partial charge in [-0.05, 0) is 36.2 Å². The van der Waals surface area contributed by atoms with Crippen LogP contribution in [0.2, 0.25) is 0 Å². The van der Waals surface area contributed by atoms with Gasteiger partial charge in [0.2, 0.25) is 12.8 Å². The van der Waals surface area contributed by atoms with E-state index in [-0.39, 0.29) is 17.6 Å². The Hall–Kier alpha value is -3.02. The zero-order valence-corrected chi connectivity index (χ0v) is 14.0. The number of rotatable bonds is 4. The van der Waals surface area contributed by atoms with Gasteiger partial charge in [0, 0.05) is 28.4 Å². The Morgan fingerprint density at radius 1 is 1.16 bits per heavy atom. The molecule has 2 aromatic carbocycles. The van der Waals surface area contributed by atoms with Crippen molar-refractivity contribution in [2.24, 2.45) is 0 Å². The van der Waals surface area contributed by atoms with Crippen LogP contribution in [0.4, 0.5) is 0 Å². The fourth-order valence-corrected chi connectivity index (χ4v) is 3.61. The summed E-state index contributed by atoms with van der Waals surface area (Å²) in [5, 5.41) is 12.6. The molecule has 0 spiro atoms. The first-order chi connectivity index (χ1) is 12.1. The molecule has 1 aliphatic heterocycles. The molecular weight excluding hydrogens is 320 g/mol. The average Bonchev–Trinajstić information content (AvgIpc) is 3.19. The van der Waals surface area contributed by atoms with Crippen LogP contribution in [0.3, 0.4) is 0 Å². The minimum absolute atomic E-state index is 0.181. The Labute approximate surface area is 144 Å². The molecule has 1 aromatic heterocycles. The first-order valence-corrected chi connectivity index (χ1v) is 8.16. The molecule has 4 rings (SSSR count). The zero-order valence-electron chi connectivity index (χ0n) is 14.0. The molecule has 0 saturated heterocycles. The van der Waals surface area contributed by atoms with E-state index >= 15 is 0 Å². The number of aryl methyl sites for hydroxylation is 1. The van der Waals surface area contributed by atoms with Crippen LogP contribution in [0.15, 0.2) is 42.5 Å². The maximum atomic E-state index is 11.6. The van der Waals surface area contributed by atoms with Gasteiger partial charge in [0.1, 0.15) is 0 Å². The van der Waals surface area contributed by atoms with Crippen LogP contribution in [-0.4, -0.2) is 22.7 Å². The van der Waals surface area contributed by atoms with Crippen molar-refractivity contribution in [3.63, 3.8) is 0 Å². The highest BCUT2D eigenvalue weighted by Gasteiger charge is 2.34. The monoisotopic (exact) mass is 338 g/mol. The number of hydrogen-bond acceptors (Lipinski definition) is 4. The van der Waals surface area contributed by atoms with E-state index in [1.807, 2.05) is 49.4 Å². The van der Waals surface area contributed by atoms with Crippen LogP contribution in [0.25, 0.3) is 10.9 Å². The van der Waals surface area contributed by atoms with Gasteiger partial charge in [-0.15, -0.1) is 0 Å².